The molecule has 1 saturated heterocycles. The summed E-state index contributed by atoms with van der Waals surface area (Å²) >= 11 is 5.92. The minimum absolute atomic E-state index is 0.151. The van der Waals surface area contributed by atoms with Crippen LogP contribution in [0.1, 0.15) is 23.6 Å². The Bertz CT molecular complexity index is 835. The number of methoxy groups -OCH3 is 1. The molecule has 0 saturated carbocycles. The SMILES string of the molecule is COc1ccc(C)cc1CN1C(=O)NC(C)(c2ccc(Cl)cc2)C1=O. The molecule has 0 spiro atoms. The molecule has 1 atom stereocenters. The van der Waals surface area contributed by atoms with Crippen LogP contribution >= 0.6 is 11.6 Å². The summed E-state index contributed by atoms with van der Waals surface area (Å²) in [6.07, 6.45) is 0. The fourth-order valence-corrected chi connectivity index (χ4v) is 3.15. The number of amides is 3. The van der Waals surface area contributed by atoms with E-state index in [4.69, 9.17) is 16.3 Å². The first kappa shape index (κ1) is 17.3. The number of rotatable bonds is 4. The summed E-state index contributed by atoms with van der Waals surface area (Å²) in [6, 6.07) is 12.1. The molecule has 6 heteroatoms. The van der Waals surface area contributed by atoms with Crippen molar-refractivity contribution in [2.24, 2.45) is 0 Å². The van der Waals surface area contributed by atoms with E-state index in [2.05, 4.69) is 5.32 Å². The molecule has 1 unspecified atom stereocenters. The number of nitrogens with one attached hydrogen (secondary N) is 1. The molecule has 1 N–H and O–H groups in total. The zero-order valence-electron chi connectivity index (χ0n) is 14.3. The predicted octanol–water partition coefficient (Wildman–Crippen LogP) is 3.62. The van der Waals surface area contributed by atoms with Crippen molar-refractivity contribution < 1.29 is 14.3 Å². The number of carbonyl (C=O) groups excluding carboxylic acids is 2. The first-order valence-corrected chi connectivity index (χ1v) is 8.26. The first-order chi connectivity index (χ1) is 11.8. The van der Waals surface area contributed by atoms with Gasteiger partial charge in [-0.2, -0.15) is 0 Å². The fourth-order valence-electron chi connectivity index (χ4n) is 3.02. The lowest BCUT2D eigenvalue weighted by Gasteiger charge is -2.22. The third-order valence-corrected chi connectivity index (χ3v) is 4.71. The van der Waals surface area contributed by atoms with E-state index in [1.54, 1.807) is 38.3 Å². The second-order valence-corrected chi connectivity index (χ2v) is 6.71. The van der Waals surface area contributed by atoms with Crippen LogP contribution in [0, 0.1) is 6.92 Å². The Morgan fingerprint density at radius 1 is 1.16 bits per heavy atom. The molecular weight excluding hydrogens is 340 g/mol. The summed E-state index contributed by atoms with van der Waals surface area (Å²) in [5.41, 5.74) is 1.39. The maximum Gasteiger partial charge on any atom is 0.325 e. The smallest absolute Gasteiger partial charge is 0.325 e. The van der Waals surface area contributed by atoms with Crippen LogP contribution in [-0.4, -0.2) is 23.9 Å². The highest BCUT2D eigenvalue weighted by molar-refractivity contribution is 6.30. The molecule has 2 aromatic rings. The van der Waals surface area contributed by atoms with Crippen LogP contribution in [0.15, 0.2) is 42.5 Å². The predicted molar refractivity (Wildman–Crippen MR) is 95.6 cm³/mol. The molecular formula is C19H19ClN2O3. The van der Waals surface area contributed by atoms with Gasteiger partial charge in [0.05, 0.1) is 13.7 Å². The van der Waals surface area contributed by atoms with Crippen molar-refractivity contribution in [2.45, 2.75) is 25.9 Å². The average Bonchev–Trinajstić information content (AvgIpc) is 2.80. The Morgan fingerprint density at radius 2 is 1.84 bits per heavy atom. The summed E-state index contributed by atoms with van der Waals surface area (Å²) in [6.45, 7) is 3.80. The van der Waals surface area contributed by atoms with E-state index < -0.39 is 11.6 Å². The molecule has 0 bridgehead atoms. The molecule has 0 aromatic heterocycles. The molecule has 130 valence electrons. The van der Waals surface area contributed by atoms with E-state index in [0.29, 0.717) is 16.3 Å². The molecule has 25 heavy (non-hydrogen) atoms. The highest BCUT2D eigenvalue weighted by Gasteiger charge is 2.49. The molecule has 3 amide bonds. The number of halogens is 1. The van der Waals surface area contributed by atoms with E-state index in [1.165, 1.54) is 4.90 Å². The molecule has 3 rings (SSSR count). The van der Waals surface area contributed by atoms with E-state index >= 15 is 0 Å². The number of benzene rings is 2. The average molecular weight is 359 g/mol. The Kier molecular flexibility index (Phi) is 4.43. The van der Waals surface area contributed by atoms with Crippen LogP contribution in [-0.2, 0) is 16.9 Å². The van der Waals surface area contributed by atoms with Gasteiger partial charge in [0, 0.05) is 10.6 Å². The summed E-state index contributed by atoms with van der Waals surface area (Å²) < 4.78 is 5.35. The quantitative estimate of drug-likeness (QED) is 0.849. The maximum atomic E-state index is 13.0. The topological polar surface area (TPSA) is 58.6 Å². The number of aryl methyl sites for hydroxylation is 1. The van der Waals surface area contributed by atoms with Gasteiger partial charge >= 0.3 is 6.03 Å². The van der Waals surface area contributed by atoms with Crippen molar-refractivity contribution >= 4 is 23.5 Å². The highest BCUT2D eigenvalue weighted by Crippen LogP contribution is 2.32. The Labute approximate surface area is 151 Å². The van der Waals surface area contributed by atoms with Crippen LogP contribution < -0.4 is 10.1 Å². The lowest BCUT2D eigenvalue weighted by molar-refractivity contribution is -0.131. The van der Waals surface area contributed by atoms with Gasteiger partial charge in [-0.25, -0.2) is 4.79 Å². The van der Waals surface area contributed by atoms with Gasteiger partial charge in [0.25, 0.3) is 5.91 Å². The van der Waals surface area contributed by atoms with Crippen LogP contribution in [0.4, 0.5) is 4.79 Å². The number of hydrogen-bond acceptors (Lipinski definition) is 3. The fraction of sp³-hybridized carbons (Fsp3) is 0.263. The zero-order valence-corrected chi connectivity index (χ0v) is 15.1. The molecule has 1 aliphatic heterocycles. The van der Waals surface area contributed by atoms with Gasteiger partial charge in [0.2, 0.25) is 0 Å². The Hall–Kier alpha value is -2.53. The second kappa shape index (κ2) is 6.41. The summed E-state index contributed by atoms with van der Waals surface area (Å²) in [7, 11) is 1.57. The lowest BCUT2D eigenvalue weighted by Crippen LogP contribution is -2.40. The van der Waals surface area contributed by atoms with E-state index in [9.17, 15) is 9.59 Å². The molecule has 1 aliphatic rings. The number of hydrogen-bond donors (Lipinski definition) is 1. The van der Waals surface area contributed by atoms with E-state index in [1.807, 2.05) is 25.1 Å². The summed E-state index contributed by atoms with van der Waals surface area (Å²) in [5.74, 6) is 0.342. The largest absolute Gasteiger partial charge is 0.496 e. The monoisotopic (exact) mass is 358 g/mol. The lowest BCUT2D eigenvalue weighted by atomic mass is 9.92. The van der Waals surface area contributed by atoms with Crippen molar-refractivity contribution in [1.82, 2.24) is 10.2 Å². The van der Waals surface area contributed by atoms with Crippen molar-refractivity contribution in [3.63, 3.8) is 0 Å². The third-order valence-electron chi connectivity index (χ3n) is 4.46. The first-order valence-electron chi connectivity index (χ1n) is 7.89. The van der Waals surface area contributed by atoms with Gasteiger partial charge in [-0.1, -0.05) is 41.4 Å². The molecule has 0 radical (unpaired) electrons. The van der Waals surface area contributed by atoms with Crippen molar-refractivity contribution in [3.8, 4) is 5.75 Å². The molecule has 5 nitrogen and oxygen atoms in total. The van der Waals surface area contributed by atoms with Crippen LogP contribution in [0.3, 0.4) is 0 Å². The molecule has 1 fully saturated rings. The normalized spacial score (nSPS) is 19.9. The molecule has 1 heterocycles. The number of nitrogens with zero attached hydrogens (tertiary/aromatic N) is 1. The number of ether oxygens (including phenoxy) is 1. The van der Waals surface area contributed by atoms with Crippen LogP contribution in [0.2, 0.25) is 5.02 Å². The van der Waals surface area contributed by atoms with Crippen molar-refractivity contribution in [1.29, 1.82) is 0 Å². The number of urea groups is 1. The van der Waals surface area contributed by atoms with Crippen LogP contribution in [0.5, 0.6) is 5.75 Å². The maximum absolute atomic E-state index is 13.0. The zero-order chi connectivity index (χ0) is 18.2. The van der Waals surface area contributed by atoms with Crippen molar-refractivity contribution in [2.75, 3.05) is 7.11 Å². The van der Waals surface area contributed by atoms with Gasteiger partial charge in [0.1, 0.15) is 11.3 Å². The van der Waals surface area contributed by atoms with Gasteiger partial charge in [-0.15, -0.1) is 0 Å². The van der Waals surface area contributed by atoms with E-state index in [0.717, 1.165) is 11.1 Å². The van der Waals surface area contributed by atoms with Gasteiger partial charge in [-0.05, 0) is 37.6 Å². The minimum Gasteiger partial charge on any atom is -0.496 e. The standard InChI is InChI=1S/C19H19ClN2O3/c1-12-4-9-16(25-3)13(10-12)11-22-17(23)19(2,21-18(22)24)14-5-7-15(20)8-6-14/h4-10H,11H2,1-3H3,(H,21,24). The van der Waals surface area contributed by atoms with Gasteiger partial charge in [0.15, 0.2) is 0 Å². The second-order valence-electron chi connectivity index (χ2n) is 6.27. The van der Waals surface area contributed by atoms with E-state index in [-0.39, 0.29) is 12.5 Å². The summed E-state index contributed by atoms with van der Waals surface area (Å²) in [4.78, 5) is 26.7. The minimum atomic E-state index is -1.11. The number of carbonyl (C=O) groups is 2. The van der Waals surface area contributed by atoms with Crippen molar-refractivity contribution in [3.05, 3.63) is 64.2 Å². The van der Waals surface area contributed by atoms with Gasteiger partial charge in [-0.3, -0.25) is 9.69 Å². The number of imide groups is 1. The highest BCUT2D eigenvalue weighted by atomic mass is 35.5. The Balaban J connectivity index is 1.92. The molecule has 0 aliphatic carbocycles. The molecule has 2 aromatic carbocycles. The van der Waals surface area contributed by atoms with Gasteiger partial charge < -0.3 is 10.1 Å². The van der Waals surface area contributed by atoms with Crippen LogP contribution in [0.25, 0.3) is 0 Å². The third kappa shape index (κ3) is 3.07. The Morgan fingerprint density at radius 3 is 2.48 bits per heavy atom. The summed E-state index contributed by atoms with van der Waals surface area (Å²) in [5, 5.41) is 3.37.